The Labute approximate surface area is 190 Å². The van der Waals surface area contributed by atoms with Gasteiger partial charge < -0.3 is 5.32 Å². The number of piperidine rings is 1. The third-order valence-corrected chi connectivity index (χ3v) is 8.53. The molecule has 174 valence electrons. The van der Waals surface area contributed by atoms with Gasteiger partial charge in [0.1, 0.15) is 5.82 Å². The van der Waals surface area contributed by atoms with Crippen molar-refractivity contribution in [1.82, 2.24) is 9.21 Å². The lowest BCUT2D eigenvalue weighted by Gasteiger charge is -2.51. The van der Waals surface area contributed by atoms with Gasteiger partial charge in [0.25, 0.3) is 0 Å². The molecule has 1 amide bonds. The van der Waals surface area contributed by atoms with E-state index in [2.05, 4.69) is 17.1 Å². The van der Waals surface area contributed by atoms with Crippen molar-refractivity contribution in [3.8, 4) is 0 Å². The van der Waals surface area contributed by atoms with E-state index in [4.69, 9.17) is 0 Å². The summed E-state index contributed by atoms with van der Waals surface area (Å²) in [5.74, 6) is -0.487. The minimum Gasteiger partial charge on any atom is -0.326 e. The highest BCUT2D eigenvalue weighted by molar-refractivity contribution is 8.23. The van der Waals surface area contributed by atoms with Crippen LogP contribution in [0.25, 0.3) is 0 Å². The number of carbonyl (C=O) groups excluding carboxylic acids is 1. The molecule has 2 saturated heterocycles. The Bertz CT molecular complexity index is 989. The molecule has 2 aromatic rings. The average Bonchev–Trinajstić information content (AvgIpc) is 2.90. The van der Waals surface area contributed by atoms with Gasteiger partial charge in [-0.25, -0.2) is 4.39 Å². The Kier molecular flexibility index (Phi) is 6.21. The van der Waals surface area contributed by atoms with Crippen LogP contribution in [0.4, 0.5) is 15.8 Å². The molecule has 0 aromatic heterocycles. The summed E-state index contributed by atoms with van der Waals surface area (Å²) in [5.41, 5.74) is 1.95. The maximum Gasteiger partial charge on any atom is 0.221 e. The fourth-order valence-electron chi connectivity index (χ4n) is 5.03. The average molecular weight is 463 g/mol. The second kappa shape index (κ2) is 8.64. The molecule has 3 N–H and O–H groups in total. The van der Waals surface area contributed by atoms with Gasteiger partial charge in [0.2, 0.25) is 5.91 Å². The van der Waals surface area contributed by atoms with Crippen LogP contribution in [0.15, 0.2) is 48.5 Å². The fourth-order valence-corrected chi connectivity index (χ4v) is 6.86. The van der Waals surface area contributed by atoms with Crippen molar-refractivity contribution in [2.45, 2.75) is 44.8 Å². The second-order valence-corrected chi connectivity index (χ2v) is 10.9. The first-order valence-corrected chi connectivity index (χ1v) is 12.2. The number of likely N-dealkylation sites (tertiary alicyclic amines) is 1. The number of benzene rings is 2. The number of nitrogens with zero attached hydrogens (tertiary/aromatic N) is 3. The van der Waals surface area contributed by atoms with E-state index in [1.165, 1.54) is 19.1 Å². The number of carbonyl (C=O) groups is 1. The van der Waals surface area contributed by atoms with Crippen LogP contribution in [0, 0.1) is 5.82 Å². The zero-order valence-electron chi connectivity index (χ0n) is 18.7. The number of rotatable bonds is 4. The predicted octanol–water partition coefficient (Wildman–Crippen LogP) is 4.54. The van der Waals surface area contributed by atoms with Crippen molar-refractivity contribution in [2.24, 2.45) is 0 Å². The van der Waals surface area contributed by atoms with Crippen LogP contribution in [0.5, 0.6) is 0 Å². The molecule has 1 spiro atoms. The van der Waals surface area contributed by atoms with Crippen molar-refractivity contribution in [3.63, 3.8) is 0 Å². The fraction of sp³-hybridized carbons (Fsp3) is 0.435. The first-order chi connectivity index (χ1) is 15.1. The van der Waals surface area contributed by atoms with Gasteiger partial charge in [-0.1, -0.05) is 29.2 Å². The Morgan fingerprint density at radius 2 is 1.97 bits per heavy atom. The molecule has 0 saturated carbocycles. The van der Waals surface area contributed by atoms with E-state index in [1.807, 2.05) is 24.3 Å². The maximum atomic E-state index is 14.0. The summed E-state index contributed by atoms with van der Waals surface area (Å²) < 4.78 is 39.2. The minimum absolute atomic E-state index is 0.0944. The number of hydrogen-bond acceptors (Lipinski definition) is 6. The standard InChI is InChI=1S/C23H31FN4O3S/c1-17-14-23(11-12-27(17)15-19-7-9-21(10-8-19)25-18(2)29)16-26(3)32(30,31)28(23)22-6-4-5-20(24)13-22/h4-10,13,17,30-31H,11-12,14-16H2,1-3H3,(H,25,29)/t17-,23+/m0/s1. The molecule has 4 rings (SSSR count). The number of likely N-dealkylation sites (N-methyl/N-ethyl adjacent to an activating group) is 1. The van der Waals surface area contributed by atoms with Gasteiger partial charge in [-0.3, -0.25) is 23.1 Å². The second-order valence-electron chi connectivity index (χ2n) is 8.93. The van der Waals surface area contributed by atoms with Crippen LogP contribution < -0.4 is 9.62 Å². The molecule has 9 heteroatoms. The first-order valence-electron chi connectivity index (χ1n) is 10.8. The summed E-state index contributed by atoms with van der Waals surface area (Å²) >= 11 is 0. The molecule has 2 aliphatic rings. The van der Waals surface area contributed by atoms with Crippen LogP contribution in [-0.2, 0) is 11.3 Å². The third-order valence-electron chi connectivity index (χ3n) is 6.48. The number of halogens is 1. The Hall–Kier alpha value is -2.17. The molecule has 32 heavy (non-hydrogen) atoms. The molecule has 2 fully saturated rings. The van der Waals surface area contributed by atoms with E-state index >= 15 is 0 Å². The zero-order chi connectivity index (χ0) is 23.1. The van der Waals surface area contributed by atoms with Crippen molar-refractivity contribution >= 4 is 28.2 Å². The molecule has 0 aliphatic carbocycles. The quantitative estimate of drug-likeness (QED) is 0.619. The van der Waals surface area contributed by atoms with Crippen LogP contribution in [-0.4, -0.2) is 55.9 Å². The van der Waals surface area contributed by atoms with Crippen LogP contribution in [0.1, 0.15) is 32.3 Å². The van der Waals surface area contributed by atoms with Crippen LogP contribution >= 0.6 is 11.0 Å². The van der Waals surface area contributed by atoms with Crippen molar-refractivity contribution in [2.75, 3.05) is 29.8 Å². The molecule has 0 radical (unpaired) electrons. The summed E-state index contributed by atoms with van der Waals surface area (Å²) in [6.07, 6.45) is 1.46. The highest BCUT2D eigenvalue weighted by Crippen LogP contribution is 2.61. The molecule has 0 unspecified atom stereocenters. The van der Waals surface area contributed by atoms with Crippen molar-refractivity contribution in [3.05, 3.63) is 59.9 Å². The molecule has 2 aromatic carbocycles. The molecule has 2 heterocycles. The van der Waals surface area contributed by atoms with E-state index < -0.39 is 22.3 Å². The predicted molar refractivity (Wildman–Crippen MR) is 127 cm³/mol. The number of nitrogens with one attached hydrogen (secondary N) is 1. The van der Waals surface area contributed by atoms with Gasteiger partial charge in [-0.15, -0.1) is 0 Å². The van der Waals surface area contributed by atoms with Crippen molar-refractivity contribution < 1.29 is 18.3 Å². The van der Waals surface area contributed by atoms with Crippen LogP contribution in [0.3, 0.4) is 0 Å². The highest BCUT2D eigenvalue weighted by atomic mass is 32.3. The van der Waals surface area contributed by atoms with Crippen LogP contribution in [0.2, 0.25) is 0 Å². The zero-order valence-corrected chi connectivity index (χ0v) is 19.5. The Morgan fingerprint density at radius 3 is 2.59 bits per heavy atom. The number of hydrogen-bond donors (Lipinski definition) is 3. The summed E-state index contributed by atoms with van der Waals surface area (Å²) in [7, 11) is -1.50. The first kappa shape index (κ1) is 23.0. The number of anilines is 2. The van der Waals surface area contributed by atoms with Crippen molar-refractivity contribution in [1.29, 1.82) is 0 Å². The molecular formula is C23H31FN4O3S. The van der Waals surface area contributed by atoms with Gasteiger partial charge in [-0.05, 0) is 55.7 Å². The summed E-state index contributed by atoms with van der Waals surface area (Å²) in [5, 5.41) is 2.78. The molecular weight excluding hydrogens is 431 g/mol. The summed E-state index contributed by atoms with van der Waals surface area (Å²) in [6, 6.07) is 14.1. The third kappa shape index (κ3) is 4.35. The Morgan fingerprint density at radius 1 is 1.25 bits per heavy atom. The summed E-state index contributed by atoms with van der Waals surface area (Å²) in [4.78, 5) is 13.6. The van der Waals surface area contributed by atoms with E-state index in [0.717, 1.165) is 37.2 Å². The maximum absolute atomic E-state index is 14.0. The molecule has 7 nitrogen and oxygen atoms in total. The van der Waals surface area contributed by atoms with E-state index in [9.17, 15) is 18.3 Å². The Balaban J connectivity index is 1.52. The van der Waals surface area contributed by atoms with Gasteiger partial charge in [0.05, 0.1) is 11.2 Å². The van der Waals surface area contributed by atoms with E-state index in [0.29, 0.717) is 12.2 Å². The van der Waals surface area contributed by atoms with E-state index in [1.54, 1.807) is 27.8 Å². The topological polar surface area (TPSA) is 79.3 Å². The largest absolute Gasteiger partial charge is 0.326 e. The molecule has 2 aliphatic heterocycles. The lowest BCUT2D eigenvalue weighted by molar-refractivity contribution is -0.114. The normalized spacial score (nSPS) is 26.9. The van der Waals surface area contributed by atoms with Gasteiger partial charge >= 0.3 is 0 Å². The van der Waals surface area contributed by atoms with E-state index in [-0.39, 0.29) is 11.9 Å². The molecule has 2 atom stereocenters. The molecule has 0 bridgehead atoms. The minimum atomic E-state index is -3.21. The van der Waals surface area contributed by atoms with Gasteiger partial charge in [-0.2, -0.15) is 4.31 Å². The smallest absolute Gasteiger partial charge is 0.221 e. The lowest BCUT2D eigenvalue weighted by atomic mass is 9.82. The van der Waals surface area contributed by atoms with Gasteiger partial charge in [0.15, 0.2) is 0 Å². The monoisotopic (exact) mass is 462 g/mol. The highest BCUT2D eigenvalue weighted by Gasteiger charge is 2.55. The SMILES string of the molecule is CC(=O)Nc1ccc(CN2CC[C@@]3(C[C@@H]2C)CN(C)S(O)(O)N3c2cccc(F)c2)cc1. The van der Waals surface area contributed by atoms with Gasteiger partial charge in [0, 0.05) is 45.3 Å². The number of amides is 1. The summed E-state index contributed by atoms with van der Waals surface area (Å²) in [6.45, 7) is 5.70. The lowest BCUT2D eigenvalue weighted by Crippen LogP contribution is -2.57.